The zero-order valence-corrected chi connectivity index (χ0v) is 14.7. The van der Waals surface area contributed by atoms with Gasteiger partial charge in [-0.3, -0.25) is 9.48 Å². The third kappa shape index (κ3) is 4.60. The number of ether oxygens (including phenoxy) is 2. The predicted octanol–water partition coefficient (Wildman–Crippen LogP) is 2.10. The van der Waals surface area contributed by atoms with Crippen LogP contribution in [0.2, 0.25) is 0 Å². The fraction of sp³-hybridized carbons (Fsp3) is 0.474. The van der Waals surface area contributed by atoms with Gasteiger partial charge in [-0.05, 0) is 18.6 Å². The maximum atomic E-state index is 11.9. The van der Waals surface area contributed by atoms with Crippen molar-refractivity contribution in [3.8, 4) is 5.75 Å². The summed E-state index contributed by atoms with van der Waals surface area (Å²) < 4.78 is 13.1. The molecule has 2 aromatic rings. The molecule has 0 saturated carbocycles. The third-order valence-corrected chi connectivity index (χ3v) is 4.21. The first-order valence-corrected chi connectivity index (χ1v) is 8.87. The molecule has 1 N–H and O–H groups in total. The molecule has 1 amide bonds. The molecule has 134 valence electrons. The minimum Gasteiger partial charge on any atom is -0.484 e. The normalized spacial score (nSPS) is 13.3. The fourth-order valence-electron chi connectivity index (χ4n) is 3.01. The zero-order valence-electron chi connectivity index (χ0n) is 14.7. The highest BCUT2D eigenvalue weighted by molar-refractivity contribution is 5.77. The number of nitrogens with zero attached hydrogens (tertiary/aromatic N) is 2. The molecule has 0 saturated heterocycles. The molecule has 0 spiro atoms. The van der Waals surface area contributed by atoms with Crippen LogP contribution in [0.25, 0.3) is 0 Å². The highest BCUT2D eigenvalue weighted by atomic mass is 16.5. The standard InChI is InChI=1S/C19H25N3O3/c1-2-11-22-18-9-12-24-13-16(18)17(21-22)8-10-20-19(23)14-25-15-6-4-3-5-7-15/h3-7H,2,8-14H2,1H3,(H,20,23). The summed E-state index contributed by atoms with van der Waals surface area (Å²) in [7, 11) is 0. The lowest BCUT2D eigenvalue weighted by atomic mass is 10.1. The van der Waals surface area contributed by atoms with Crippen molar-refractivity contribution in [1.29, 1.82) is 0 Å². The van der Waals surface area contributed by atoms with E-state index in [-0.39, 0.29) is 12.5 Å². The van der Waals surface area contributed by atoms with Crippen LogP contribution in [-0.4, -0.2) is 35.4 Å². The number of amides is 1. The number of carbonyl (C=O) groups is 1. The van der Waals surface area contributed by atoms with Crippen LogP contribution in [0.3, 0.4) is 0 Å². The van der Waals surface area contributed by atoms with E-state index in [1.165, 1.54) is 11.3 Å². The summed E-state index contributed by atoms with van der Waals surface area (Å²) in [6, 6.07) is 9.34. The van der Waals surface area contributed by atoms with Gasteiger partial charge in [0.2, 0.25) is 0 Å². The van der Waals surface area contributed by atoms with Crippen LogP contribution < -0.4 is 10.1 Å². The van der Waals surface area contributed by atoms with E-state index in [9.17, 15) is 4.79 Å². The maximum absolute atomic E-state index is 11.9. The van der Waals surface area contributed by atoms with E-state index in [2.05, 4.69) is 16.9 Å². The van der Waals surface area contributed by atoms with Gasteiger partial charge < -0.3 is 14.8 Å². The predicted molar refractivity (Wildman–Crippen MR) is 94.5 cm³/mol. The number of hydrogen-bond donors (Lipinski definition) is 1. The Labute approximate surface area is 148 Å². The van der Waals surface area contributed by atoms with Crippen LogP contribution in [0.5, 0.6) is 5.75 Å². The molecule has 0 radical (unpaired) electrons. The van der Waals surface area contributed by atoms with Gasteiger partial charge in [0, 0.05) is 37.2 Å². The van der Waals surface area contributed by atoms with Crippen molar-refractivity contribution in [1.82, 2.24) is 15.1 Å². The number of hydrogen-bond acceptors (Lipinski definition) is 4. The average molecular weight is 343 g/mol. The molecule has 2 heterocycles. The van der Waals surface area contributed by atoms with Gasteiger partial charge in [-0.2, -0.15) is 5.10 Å². The Balaban J connectivity index is 1.49. The van der Waals surface area contributed by atoms with Gasteiger partial charge in [0.25, 0.3) is 5.91 Å². The number of aryl methyl sites for hydroxylation is 1. The summed E-state index contributed by atoms with van der Waals surface area (Å²) in [5, 5.41) is 7.62. The number of benzene rings is 1. The number of aromatic nitrogens is 2. The lowest BCUT2D eigenvalue weighted by molar-refractivity contribution is -0.123. The van der Waals surface area contributed by atoms with Gasteiger partial charge >= 0.3 is 0 Å². The second kappa shape index (κ2) is 8.67. The zero-order chi connectivity index (χ0) is 17.5. The fourth-order valence-corrected chi connectivity index (χ4v) is 3.01. The molecule has 0 unspecified atom stereocenters. The second-order valence-electron chi connectivity index (χ2n) is 6.10. The number of nitrogens with one attached hydrogen (secondary N) is 1. The highest BCUT2D eigenvalue weighted by Gasteiger charge is 2.20. The molecule has 0 aliphatic carbocycles. The van der Waals surface area contributed by atoms with Crippen molar-refractivity contribution in [2.45, 2.75) is 39.3 Å². The molecular weight excluding hydrogens is 318 g/mol. The molecule has 1 aliphatic heterocycles. The Morgan fingerprint density at radius 3 is 3.00 bits per heavy atom. The highest BCUT2D eigenvalue weighted by Crippen LogP contribution is 2.21. The van der Waals surface area contributed by atoms with Crippen molar-refractivity contribution < 1.29 is 14.3 Å². The van der Waals surface area contributed by atoms with Gasteiger partial charge in [0.05, 0.1) is 18.9 Å². The third-order valence-electron chi connectivity index (χ3n) is 4.21. The van der Waals surface area contributed by atoms with E-state index < -0.39 is 0 Å². The summed E-state index contributed by atoms with van der Waals surface area (Å²) >= 11 is 0. The first kappa shape index (κ1) is 17.5. The molecule has 25 heavy (non-hydrogen) atoms. The summed E-state index contributed by atoms with van der Waals surface area (Å²) in [4.78, 5) is 11.9. The van der Waals surface area contributed by atoms with Crippen molar-refractivity contribution in [3.63, 3.8) is 0 Å². The van der Waals surface area contributed by atoms with Crippen molar-refractivity contribution in [2.24, 2.45) is 0 Å². The van der Waals surface area contributed by atoms with E-state index in [0.717, 1.165) is 31.7 Å². The molecule has 1 aromatic carbocycles. The Morgan fingerprint density at radius 1 is 1.36 bits per heavy atom. The van der Waals surface area contributed by atoms with Crippen molar-refractivity contribution in [2.75, 3.05) is 19.8 Å². The molecule has 1 aromatic heterocycles. The molecule has 3 rings (SSSR count). The van der Waals surface area contributed by atoms with Crippen LogP contribution in [0.4, 0.5) is 0 Å². The minimum absolute atomic E-state index is 0.0233. The molecule has 6 nitrogen and oxygen atoms in total. The van der Waals surface area contributed by atoms with Crippen LogP contribution in [0, 0.1) is 0 Å². The van der Waals surface area contributed by atoms with Crippen molar-refractivity contribution in [3.05, 3.63) is 47.3 Å². The molecule has 6 heteroatoms. The topological polar surface area (TPSA) is 65.4 Å². The van der Waals surface area contributed by atoms with E-state index >= 15 is 0 Å². The van der Waals surface area contributed by atoms with Crippen molar-refractivity contribution >= 4 is 5.91 Å². The van der Waals surface area contributed by atoms with Crippen LogP contribution in [0.1, 0.15) is 30.3 Å². The number of para-hydroxylation sites is 1. The van der Waals surface area contributed by atoms with Gasteiger partial charge in [-0.1, -0.05) is 25.1 Å². The quantitative estimate of drug-likeness (QED) is 0.797. The van der Waals surface area contributed by atoms with Gasteiger partial charge in [-0.15, -0.1) is 0 Å². The summed E-state index contributed by atoms with van der Waals surface area (Å²) in [6.07, 6.45) is 2.68. The van der Waals surface area contributed by atoms with Crippen LogP contribution in [0.15, 0.2) is 30.3 Å². The largest absolute Gasteiger partial charge is 0.484 e. The Hall–Kier alpha value is -2.34. The average Bonchev–Trinajstić information content (AvgIpc) is 2.99. The maximum Gasteiger partial charge on any atom is 0.257 e. The number of carbonyl (C=O) groups excluding carboxylic acids is 1. The Morgan fingerprint density at radius 2 is 2.20 bits per heavy atom. The molecular formula is C19H25N3O3. The first-order chi connectivity index (χ1) is 12.3. The summed E-state index contributed by atoms with van der Waals surface area (Å²) in [5.74, 6) is 0.573. The SMILES string of the molecule is CCCn1nc(CCNC(=O)COc2ccccc2)c2c1CCOC2. The van der Waals surface area contributed by atoms with E-state index in [1.807, 2.05) is 30.3 Å². The monoisotopic (exact) mass is 343 g/mol. The summed E-state index contributed by atoms with van der Waals surface area (Å²) in [5.41, 5.74) is 3.53. The lowest BCUT2D eigenvalue weighted by Crippen LogP contribution is -2.30. The molecule has 0 atom stereocenters. The number of rotatable bonds is 8. The lowest BCUT2D eigenvalue weighted by Gasteiger charge is -2.15. The number of fused-ring (bicyclic) bond motifs is 1. The molecule has 0 fully saturated rings. The van der Waals surface area contributed by atoms with Gasteiger partial charge in [0.1, 0.15) is 5.75 Å². The Kier molecular flexibility index (Phi) is 6.06. The second-order valence-corrected chi connectivity index (χ2v) is 6.10. The first-order valence-electron chi connectivity index (χ1n) is 8.87. The smallest absolute Gasteiger partial charge is 0.257 e. The van der Waals surface area contributed by atoms with Crippen LogP contribution in [-0.2, 0) is 35.5 Å². The minimum atomic E-state index is -0.123. The molecule has 0 bridgehead atoms. The molecule has 1 aliphatic rings. The van der Waals surface area contributed by atoms with Gasteiger partial charge in [0.15, 0.2) is 6.61 Å². The van der Waals surface area contributed by atoms with Gasteiger partial charge in [-0.25, -0.2) is 0 Å². The Bertz CT molecular complexity index is 697. The van der Waals surface area contributed by atoms with E-state index in [0.29, 0.717) is 25.3 Å². The van der Waals surface area contributed by atoms with E-state index in [1.54, 1.807) is 0 Å². The summed E-state index contributed by atoms with van der Waals surface area (Å²) in [6.45, 7) is 5.04. The van der Waals surface area contributed by atoms with Crippen LogP contribution >= 0.6 is 0 Å². The van der Waals surface area contributed by atoms with E-state index in [4.69, 9.17) is 14.6 Å².